The second kappa shape index (κ2) is 3.14. The minimum atomic E-state index is -3.12. The highest BCUT2D eigenvalue weighted by molar-refractivity contribution is 6.23. The van der Waals surface area contributed by atoms with Gasteiger partial charge in [-0.1, -0.05) is 0 Å². The quantitative estimate of drug-likeness (QED) is 0.296. The summed E-state index contributed by atoms with van der Waals surface area (Å²) >= 11 is 0. The van der Waals surface area contributed by atoms with Crippen LogP contribution < -0.4 is 0 Å². The van der Waals surface area contributed by atoms with Gasteiger partial charge in [-0.2, -0.15) is 0 Å². The van der Waals surface area contributed by atoms with Gasteiger partial charge in [0, 0.05) is 6.92 Å². The van der Waals surface area contributed by atoms with Gasteiger partial charge in [0.25, 0.3) is 0 Å². The Balaban J connectivity index is 3.18. The van der Waals surface area contributed by atoms with E-state index in [1.54, 1.807) is 0 Å². The first-order valence-electron chi connectivity index (χ1n) is 1.71. The van der Waals surface area contributed by atoms with E-state index in [0.29, 0.717) is 0 Å². The van der Waals surface area contributed by atoms with E-state index in [4.69, 9.17) is 4.80 Å². The van der Waals surface area contributed by atoms with E-state index in [-0.39, 0.29) is 0 Å². The summed E-state index contributed by atoms with van der Waals surface area (Å²) in [6, 6.07) is 0. The van der Waals surface area contributed by atoms with Gasteiger partial charge < -0.3 is 4.80 Å². The van der Waals surface area contributed by atoms with Crippen LogP contribution in [0.5, 0.6) is 0 Å². The Bertz CT molecular complexity index is 95.0. The maximum atomic E-state index is 9.77. The SMILES string of the molecule is CC(=O)OO[Si](=O)O. The summed E-state index contributed by atoms with van der Waals surface area (Å²) in [5.41, 5.74) is 0. The summed E-state index contributed by atoms with van der Waals surface area (Å²) in [7, 11) is -3.12. The molecule has 8 heavy (non-hydrogen) atoms. The first kappa shape index (κ1) is 7.09. The molecular weight excluding hydrogens is 132 g/mol. The summed E-state index contributed by atoms with van der Waals surface area (Å²) in [6.45, 7) is 1.06. The van der Waals surface area contributed by atoms with Crippen LogP contribution >= 0.6 is 0 Å². The molecule has 0 aliphatic rings. The average Bonchev–Trinajstić information content (AvgIpc) is 1.61. The second-order valence-electron chi connectivity index (χ2n) is 0.924. The lowest BCUT2D eigenvalue weighted by atomic mass is 10.9. The molecule has 0 heterocycles. The molecule has 46 valence electrons. The van der Waals surface area contributed by atoms with Crippen molar-refractivity contribution in [2.45, 2.75) is 6.92 Å². The van der Waals surface area contributed by atoms with Crippen molar-refractivity contribution in [3.8, 4) is 0 Å². The summed E-state index contributed by atoms with van der Waals surface area (Å²) in [5.74, 6) is -0.752. The Morgan fingerprint density at radius 3 is 2.38 bits per heavy atom. The van der Waals surface area contributed by atoms with E-state index in [1.165, 1.54) is 0 Å². The summed E-state index contributed by atoms with van der Waals surface area (Å²) in [6.07, 6.45) is 0. The van der Waals surface area contributed by atoms with Gasteiger partial charge in [-0.3, -0.25) is 13.9 Å². The fourth-order valence-electron chi connectivity index (χ4n) is 0.0943. The molecule has 0 fully saturated rings. The van der Waals surface area contributed by atoms with Crippen LogP contribution in [0.25, 0.3) is 0 Å². The Kier molecular flexibility index (Phi) is 2.78. The fraction of sp³-hybridized carbons (Fsp3) is 0.500. The molecule has 0 atom stereocenters. The van der Waals surface area contributed by atoms with Crippen LogP contribution in [0, 0.1) is 0 Å². The molecule has 0 radical (unpaired) electrons. The molecule has 0 aromatic heterocycles. The summed E-state index contributed by atoms with van der Waals surface area (Å²) in [4.78, 5) is 21.3. The molecule has 0 aromatic carbocycles. The van der Waals surface area contributed by atoms with Gasteiger partial charge in [0.15, 0.2) is 0 Å². The lowest BCUT2D eigenvalue weighted by molar-refractivity contribution is -0.221. The highest BCUT2D eigenvalue weighted by Crippen LogP contribution is 1.75. The number of carbonyl (C=O) groups is 1. The first-order chi connectivity index (χ1) is 3.63. The van der Waals surface area contributed by atoms with Crippen LogP contribution in [0.15, 0.2) is 0 Å². The van der Waals surface area contributed by atoms with Gasteiger partial charge in [-0.25, -0.2) is 4.79 Å². The third-order valence-corrected chi connectivity index (χ3v) is 0.456. The Morgan fingerprint density at radius 1 is 1.75 bits per heavy atom. The zero-order chi connectivity index (χ0) is 6.57. The van der Waals surface area contributed by atoms with Gasteiger partial charge in [0.1, 0.15) is 0 Å². The lowest BCUT2D eigenvalue weighted by Gasteiger charge is -1.91. The molecule has 0 rings (SSSR count). The molecule has 1 N–H and O–H groups in total. The van der Waals surface area contributed by atoms with Crippen molar-refractivity contribution in [1.29, 1.82) is 0 Å². The van der Waals surface area contributed by atoms with Crippen molar-refractivity contribution in [2.24, 2.45) is 0 Å². The van der Waals surface area contributed by atoms with E-state index in [1.807, 2.05) is 0 Å². The van der Waals surface area contributed by atoms with Gasteiger partial charge in [0.2, 0.25) is 0 Å². The molecular formula is C2H4O5Si. The lowest BCUT2D eigenvalue weighted by Crippen LogP contribution is -2.09. The standard InChI is InChI=1S/C2H4O5Si/c1-2(3)6-7-8(4)5/h4H,1H3. The maximum Gasteiger partial charge on any atom is 0.808 e. The molecule has 0 unspecified atom stereocenters. The van der Waals surface area contributed by atoms with Gasteiger partial charge >= 0.3 is 15.1 Å². The Labute approximate surface area is 46.7 Å². The zero-order valence-electron chi connectivity index (χ0n) is 4.08. The minimum Gasteiger partial charge on any atom is -0.510 e. The molecule has 0 saturated carbocycles. The van der Waals surface area contributed by atoms with Crippen LogP contribution in [-0.4, -0.2) is 19.9 Å². The topological polar surface area (TPSA) is 72.8 Å². The Morgan fingerprint density at radius 2 is 2.25 bits per heavy atom. The smallest absolute Gasteiger partial charge is 0.510 e. The normalized spacial score (nSPS) is 7.62. The number of rotatable bonds is 2. The molecule has 6 heteroatoms. The molecule has 0 bridgehead atoms. The maximum absolute atomic E-state index is 9.77. The van der Waals surface area contributed by atoms with Crippen LogP contribution in [0.2, 0.25) is 0 Å². The van der Waals surface area contributed by atoms with E-state index in [2.05, 4.69) is 9.46 Å². The number of hydrogen-bond donors (Lipinski definition) is 1. The summed E-state index contributed by atoms with van der Waals surface area (Å²) in [5, 5.41) is 0. The predicted octanol–water partition coefficient (Wildman–Crippen LogP) is -1.11. The van der Waals surface area contributed by atoms with Crippen molar-refractivity contribution in [3.05, 3.63) is 0 Å². The van der Waals surface area contributed by atoms with Crippen molar-refractivity contribution >= 4 is 15.1 Å². The molecule has 0 amide bonds. The van der Waals surface area contributed by atoms with Gasteiger partial charge in [-0.05, 0) is 0 Å². The largest absolute Gasteiger partial charge is 0.808 e. The van der Waals surface area contributed by atoms with Gasteiger partial charge in [0.05, 0.1) is 0 Å². The average molecular weight is 136 g/mol. The van der Waals surface area contributed by atoms with Crippen molar-refractivity contribution in [1.82, 2.24) is 0 Å². The first-order valence-corrected chi connectivity index (χ1v) is 2.97. The van der Waals surface area contributed by atoms with Crippen LogP contribution in [0.3, 0.4) is 0 Å². The van der Waals surface area contributed by atoms with Crippen molar-refractivity contribution < 1.29 is 23.5 Å². The van der Waals surface area contributed by atoms with Crippen LogP contribution in [0.1, 0.15) is 6.92 Å². The monoisotopic (exact) mass is 136 g/mol. The second-order valence-corrected chi connectivity index (χ2v) is 1.62. The minimum absolute atomic E-state index is 0.752. The molecule has 0 saturated heterocycles. The zero-order valence-corrected chi connectivity index (χ0v) is 5.08. The third-order valence-electron chi connectivity index (χ3n) is 0.230. The molecule has 0 aliphatic carbocycles. The molecule has 0 spiro atoms. The molecule has 0 aliphatic heterocycles. The number of hydrogen-bond acceptors (Lipinski definition) is 4. The van der Waals surface area contributed by atoms with E-state index in [9.17, 15) is 9.26 Å². The van der Waals surface area contributed by atoms with E-state index in [0.717, 1.165) is 6.92 Å². The predicted molar refractivity (Wildman–Crippen MR) is 21.5 cm³/mol. The van der Waals surface area contributed by atoms with E-state index >= 15 is 0 Å². The number of carbonyl (C=O) groups excluding carboxylic acids is 1. The third kappa shape index (κ3) is 5.09. The van der Waals surface area contributed by atoms with Gasteiger partial charge in [-0.15, -0.1) is 0 Å². The summed E-state index contributed by atoms with van der Waals surface area (Å²) < 4.78 is 13.1. The van der Waals surface area contributed by atoms with E-state index < -0.39 is 15.1 Å². The Hall–Kier alpha value is -0.913. The highest BCUT2D eigenvalue weighted by Gasteiger charge is 2.06. The fourth-order valence-corrected chi connectivity index (χ4v) is 0.283. The van der Waals surface area contributed by atoms with Crippen molar-refractivity contribution in [2.75, 3.05) is 0 Å². The molecule has 0 aromatic rings. The van der Waals surface area contributed by atoms with Crippen molar-refractivity contribution in [3.63, 3.8) is 0 Å². The molecule has 5 nitrogen and oxygen atoms in total. The highest BCUT2D eigenvalue weighted by atomic mass is 28.3. The van der Waals surface area contributed by atoms with Crippen LogP contribution in [-0.2, 0) is 18.7 Å². The van der Waals surface area contributed by atoms with Crippen LogP contribution in [0.4, 0.5) is 0 Å².